The van der Waals surface area contributed by atoms with Crippen molar-refractivity contribution in [2.75, 3.05) is 5.32 Å². The number of para-hydroxylation sites is 1. The molecule has 1 amide bonds. The number of nitrogens with zero attached hydrogens (tertiary/aromatic N) is 1. The van der Waals surface area contributed by atoms with Crippen molar-refractivity contribution in [1.82, 2.24) is 5.32 Å². The van der Waals surface area contributed by atoms with Gasteiger partial charge in [0.15, 0.2) is 0 Å². The van der Waals surface area contributed by atoms with Gasteiger partial charge in [-0.3, -0.25) is 4.79 Å². The van der Waals surface area contributed by atoms with Crippen molar-refractivity contribution in [1.29, 1.82) is 0 Å². The minimum Gasteiger partial charge on any atom is -0.446 e. The highest BCUT2D eigenvalue weighted by atomic mass is 35.5. The van der Waals surface area contributed by atoms with Crippen LogP contribution in [0.3, 0.4) is 0 Å². The molecule has 0 saturated heterocycles. The van der Waals surface area contributed by atoms with Crippen LogP contribution in [0.2, 0.25) is 5.02 Å². The van der Waals surface area contributed by atoms with Crippen molar-refractivity contribution >= 4 is 34.9 Å². The second-order valence-corrected chi connectivity index (χ2v) is 7.28. The molecule has 0 fully saturated rings. The van der Waals surface area contributed by atoms with Crippen LogP contribution in [-0.2, 0) is 9.53 Å². The third-order valence-electron chi connectivity index (χ3n) is 3.50. The van der Waals surface area contributed by atoms with Crippen LogP contribution in [0.1, 0.15) is 32.4 Å². The molecule has 0 spiro atoms. The highest BCUT2D eigenvalue weighted by molar-refractivity contribution is 6.30. The number of carbonyl (C=O) groups excluding carboxylic acids is 1. The molecular weight excluding hydrogens is 338 g/mol. The van der Waals surface area contributed by atoms with Gasteiger partial charge in [0.25, 0.3) is 11.9 Å². The maximum Gasteiger partial charge on any atom is 0.295 e. The molecule has 2 N–H and O–H groups in total. The normalized spacial score (nSPS) is 16.3. The zero-order valence-electron chi connectivity index (χ0n) is 14.3. The summed E-state index contributed by atoms with van der Waals surface area (Å²) in [7, 11) is 0. The molecule has 25 heavy (non-hydrogen) atoms. The summed E-state index contributed by atoms with van der Waals surface area (Å²) in [6.45, 7) is 5.79. The Balaban J connectivity index is 1.88. The van der Waals surface area contributed by atoms with E-state index in [1.807, 2.05) is 57.2 Å². The largest absolute Gasteiger partial charge is 0.446 e. The number of hydrogen-bond donors (Lipinski definition) is 2. The third kappa shape index (κ3) is 4.31. The number of carbonyl (C=O) groups is 1. The zero-order chi connectivity index (χ0) is 18.0. The van der Waals surface area contributed by atoms with Gasteiger partial charge < -0.3 is 15.4 Å². The number of benzene rings is 2. The second-order valence-electron chi connectivity index (χ2n) is 6.84. The molecule has 1 unspecified atom stereocenters. The number of aliphatic imine (C=N–C) groups is 1. The Morgan fingerprint density at radius 1 is 1.12 bits per heavy atom. The predicted octanol–water partition coefficient (Wildman–Crippen LogP) is 4.43. The first kappa shape index (κ1) is 17.3. The molecule has 5 nitrogen and oxygen atoms in total. The molecule has 0 aliphatic carbocycles. The molecule has 0 radical (unpaired) electrons. The summed E-state index contributed by atoms with van der Waals surface area (Å²) in [6.07, 6.45) is -0.761. The summed E-state index contributed by atoms with van der Waals surface area (Å²) in [5, 5.41) is 6.69. The Bertz CT molecular complexity index is 810. The summed E-state index contributed by atoms with van der Waals surface area (Å²) < 4.78 is 5.85. The molecular formula is C19H20ClN3O2. The lowest BCUT2D eigenvalue weighted by molar-refractivity contribution is -0.130. The summed E-state index contributed by atoms with van der Waals surface area (Å²) in [4.78, 5) is 17.1. The number of amidine groups is 1. The maximum atomic E-state index is 12.7. The number of nitrogens with one attached hydrogen (secondary N) is 2. The fraction of sp³-hybridized carbons (Fsp3) is 0.263. The van der Waals surface area contributed by atoms with Crippen molar-refractivity contribution in [3.8, 4) is 0 Å². The first-order valence-corrected chi connectivity index (χ1v) is 8.38. The molecule has 3 rings (SSSR count). The van der Waals surface area contributed by atoms with Gasteiger partial charge in [-0.25, -0.2) is 0 Å². The Morgan fingerprint density at radius 2 is 1.80 bits per heavy atom. The van der Waals surface area contributed by atoms with E-state index in [1.165, 1.54) is 0 Å². The lowest BCUT2D eigenvalue weighted by Crippen LogP contribution is -2.45. The molecule has 6 heteroatoms. The lowest BCUT2D eigenvalue weighted by Gasteiger charge is -2.29. The van der Waals surface area contributed by atoms with Gasteiger partial charge in [-0.2, -0.15) is 4.99 Å². The van der Waals surface area contributed by atoms with E-state index in [0.29, 0.717) is 10.7 Å². The summed E-state index contributed by atoms with van der Waals surface area (Å²) in [5.41, 5.74) is 1.87. The average molecular weight is 358 g/mol. The van der Waals surface area contributed by atoms with Crippen LogP contribution < -0.4 is 10.6 Å². The summed E-state index contributed by atoms with van der Waals surface area (Å²) >= 11 is 5.91. The van der Waals surface area contributed by atoms with Crippen LogP contribution in [-0.4, -0.2) is 17.5 Å². The fourth-order valence-corrected chi connectivity index (χ4v) is 2.59. The van der Waals surface area contributed by atoms with E-state index in [2.05, 4.69) is 15.6 Å². The molecule has 2 aromatic carbocycles. The van der Waals surface area contributed by atoms with Crippen LogP contribution in [0.15, 0.2) is 53.5 Å². The van der Waals surface area contributed by atoms with Gasteiger partial charge in [-0.1, -0.05) is 29.8 Å². The van der Waals surface area contributed by atoms with E-state index < -0.39 is 6.10 Å². The van der Waals surface area contributed by atoms with Crippen LogP contribution in [0.25, 0.3) is 0 Å². The SMILES string of the molecule is CC(C)(C)NC(=O)C1OC(Nc2ccc(Cl)cc2)=Nc2ccccc21. The Labute approximate surface area is 152 Å². The predicted molar refractivity (Wildman–Crippen MR) is 100 cm³/mol. The maximum absolute atomic E-state index is 12.7. The van der Waals surface area contributed by atoms with Gasteiger partial charge in [-0.15, -0.1) is 0 Å². The van der Waals surface area contributed by atoms with E-state index in [4.69, 9.17) is 16.3 Å². The quantitative estimate of drug-likeness (QED) is 0.836. The Morgan fingerprint density at radius 3 is 2.48 bits per heavy atom. The zero-order valence-corrected chi connectivity index (χ0v) is 15.1. The number of hydrogen-bond acceptors (Lipinski definition) is 4. The second kappa shape index (κ2) is 6.76. The number of rotatable bonds is 2. The smallest absolute Gasteiger partial charge is 0.295 e. The number of ether oxygens (including phenoxy) is 1. The monoisotopic (exact) mass is 357 g/mol. The molecule has 130 valence electrons. The average Bonchev–Trinajstić information content (AvgIpc) is 2.54. The third-order valence-corrected chi connectivity index (χ3v) is 3.75. The number of fused-ring (bicyclic) bond motifs is 1. The molecule has 0 aromatic heterocycles. The lowest BCUT2D eigenvalue weighted by atomic mass is 10.0. The molecule has 0 bridgehead atoms. The van der Waals surface area contributed by atoms with Crippen molar-refractivity contribution in [3.63, 3.8) is 0 Å². The van der Waals surface area contributed by atoms with Crippen molar-refractivity contribution in [2.24, 2.45) is 4.99 Å². The van der Waals surface area contributed by atoms with E-state index in [-0.39, 0.29) is 17.5 Å². The van der Waals surface area contributed by atoms with Crippen molar-refractivity contribution < 1.29 is 9.53 Å². The van der Waals surface area contributed by atoms with Crippen LogP contribution in [0.4, 0.5) is 11.4 Å². The van der Waals surface area contributed by atoms with E-state index in [9.17, 15) is 4.79 Å². The van der Waals surface area contributed by atoms with E-state index in [0.717, 1.165) is 11.3 Å². The Kier molecular flexibility index (Phi) is 4.68. The number of anilines is 1. The van der Waals surface area contributed by atoms with Crippen molar-refractivity contribution in [2.45, 2.75) is 32.4 Å². The van der Waals surface area contributed by atoms with Gasteiger partial charge in [0.2, 0.25) is 6.10 Å². The molecule has 0 saturated carbocycles. The first-order valence-electron chi connectivity index (χ1n) is 8.01. The highest BCUT2D eigenvalue weighted by Gasteiger charge is 2.32. The first-order chi connectivity index (χ1) is 11.8. The molecule has 1 heterocycles. The van der Waals surface area contributed by atoms with Gasteiger partial charge in [0.05, 0.1) is 5.69 Å². The van der Waals surface area contributed by atoms with Crippen LogP contribution in [0.5, 0.6) is 0 Å². The standard InChI is InChI=1S/C19H20ClN3O2/c1-19(2,3)23-17(24)16-14-6-4-5-7-15(14)22-18(25-16)21-13-10-8-12(20)9-11-13/h4-11,16H,1-3H3,(H,21,22)(H,23,24). The number of amides is 1. The van der Waals surface area contributed by atoms with Crippen LogP contribution in [0, 0.1) is 0 Å². The van der Waals surface area contributed by atoms with Gasteiger partial charge in [-0.05, 0) is 51.1 Å². The van der Waals surface area contributed by atoms with E-state index in [1.54, 1.807) is 12.1 Å². The molecule has 1 aliphatic rings. The van der Waals surface area contributed by atoms with E-state index >= 15 is 0 Å². The minimum atomic E-state index is -0.761. The van der Waals surface area contributed by atoms with Crippen LogP contribution >= 0.6 is 11.6 Å². The summed E-state index contributed by atoms with van der Waals surface area (Å²) in [5.74, 6) is -0.203. The van der Waals surface area contributed by atoms with Gasteiger partial charge >= 0.3 is 0 Å². The molecule has 2 aromatic rings. The molecule has 1 aliphatic heterocycles. The molecule has 1 atom stereocenters. The van der Waals surface area contributed by atoms with Gasteiger partial charge in [0.1, 0.15) is 0 Å². The van der Waals surface area contributed by atoms with Crippen molar-refractivity contribution in [3.05, 3.63) is 59.1 Å². The van der Waals surface area contributed by atoms with Gasteiger partial charge in [0, 0.05) is 21.8 Å². The topological polar surface area (TPSA) is 62.7 Å². The fourth-order valence-electron chi connectivity index (χ4n) is 2.47. The highest BCUT2D eigenvalue weighted by Crippen LogP contribution is 2.33. The Hall–Kier alpha value is -2.53. The number of halogens is 1. The minimum absolute atomic E-state index is 0.203. The summed E-state index contributed by atoms with van der Waals surface area (Å²) in [6, 6.07) is 14.9.